The predicted molar refractivity (Wildman–Crippen MR) is 40.7 cm³/mol. The van der Waals surface area contributed by atoms with E-state index in [1.165, 1.54) is 0 Å². The van der Waals surface area contributed by atoms with E-state index in [9.17, 15) is 9.59 Å². The van der Waals surface area contributed by atoms with E-state index in [1.807, 2.05) is 13.8 Å². The minimum absolute atomic E-state index is 0.290. The summed E-state index contributed by atoms with van der Waals surface area (Å²) >= 11 is 0. The van der Waals surface area contributed by atoms with Crippen LogP contribution in [-0.4, -0.2) is 30.4 Å². The molecule has 0 aliphatic carbocycles. The average Bonchev–Trinajstić information content (AvgIpc) is 2.03. The smallest absolute Gasteiger partial charge is 0.324 e. The fourth-order valence-electron chi connectivity index (χ4n) is 0.681. The second-order valence-corrected chi connectivity index (χ2v) is 1.86. The Morgan fingerprint density at radius 3 is 2.36 bits per heavy atom. The van der Waals surface area contributed by atoms with Crippen LogP contribution in [0.5, 0.6) is 0 Å². The molecule has 0 radical (unpaired) electrons. The molecule has 0 bridgehead atoms. The van der Waals surface area contributed by atoms with Gasteiger partial charge in [-0.15, -0.1) is 0 Å². The highest BCUT2D eigenvalue weighted by molar-refractivity contribution is 5.74. The summed E-state index contributed by atoms with van der Waals surface area (Å²) in [5.41, 5.74) is 4.28. The summed E-state index contributed by atoms with van der Waals surface area (Å²) in [6.07, 6.45) is 0.418. The lowest BCUT2D eigenvalue weighted by Crippen LogP contribution is -2.45. The summed E-state index contributed by atoms with van der Waals surface area (Å²) in [6, 6.07) is -0.290. The van der Waals surface area contributed by atoms with Crippen LogP contribution in [0, 0.1) is 0 Å². The van der Waals surface area contributed by atoms with Gasteiger partial charge < -0.3 is 4.90 Å². The molecule has 0 heterocycles. The molecular weight excluding hydrogens is 146 g/mol. The second-order valence-electron chi connectivity index (χ2n) is 1.86. The second kappa shape index (κ2) is 5.52. The number of hydrogen-bond donors (Lipinski definition) is 2. The van der Waals surface area contributed by atoms with Gasteiger partial charge in [-0.3, -0.25) is 10.2 Å². The third-order valence-electron chi connectivity index (χ3n) is 1.29. The van der Waals surface area contributed by atoms with Crippen molar-refractivity contribution >= 4 is 12.4 Å². The van der Waals surface area contributed by atoms with Gasteiger partial charge in [0, 0.05) is 13.1 Å². The molecule has 0 saturated carbocycles. The van der Waals surface area contributed by atoms with Crippen LogP contribution in [0.1, 0.15) is 13.8 Å². The maximum Gasteiger partial charge on any atom is 0.336 e. The van der Waals surface area contributed by atoms with Gasteiger partial charge in [0.1, 0.15) is 0 Å². The van der Waals surface area contributed by atoms with Crippen molar-refractivity contribution in [2.75, 3.05) is 13.1 Å². The van der Waals surface area contributed by atoms with Crippen molar-refractivity contribution in [3.8, 4) is 0 Å². The molecule has 2 N–H and O–H groups in total. The molecule has 0 aliphatic heterocycles. The van der Waals surface area contributed by atoms with Gasteiger partial charge >= 0.3 is 6.03 Å². The molecule has 0 aromatic carbocycles. The van der Waals surface area contributed by atoms with E-state index in [4.69, 9.17) is 0 Å². The first-order valence-electron chi connectivity index (χ1n) is 3.50. The van der Waals surface area contributed by atoms with Crippen LogP contribution < -0.4 is 10.9 Å². The van der Waals surface area contributed by atoms with Crippen LogP contribution in [0.15, 0.2) is 0 Å². The zero-order chi connectivity index (χ0) is 8.69. The molecule has 0 rings (SSSR count). The lowest BCUT2D eigenvalue weighted by atomic mass is 10.5. The number of nitrogens with one attached hydrogen (secondary N) is 2. The van der Waals surface area contributed by atoms with E-state index in [0.29, 0.717) is 19.5 Å². The molecule has 0 atom stereocenters. The number of rotatable bonds is 4. The van der Waals surface area contributed by atoms with Crippen molar-refractivity contribution in [2.45, 2.75) is 13.8 Å². The van der Waals surface area contributed by atoms with Crippen LogP contribution in [0.2, 0.25) is 0 Å². The van der Waals surface area contributed by atoms with Gasteiger partial charge in [-0.1, -0.05) is 0 Å². The molecule has 0 fully saturated rings. The quantitative estimate of drug-likeness (QED) is 0.437. The molecular formula is C6H13N3O2. The molecule has 5 heteroatoms. The third-order valence-corrected chi connectivity index (χ3v) is 1.29. The highest BCUT2D eigenvalue weighted by atomic mass is 16.2. The number of carbonyl (C=O) groups is 2. The van der Waals surface area contributed by atoms with Gasteiger partial charge in [-0.25, -0.2) is 10.2 Å². The normalized spacial score (nSPS) is 8.55. The fraction of sp³-hybridized carbons (Fsp3) is 0.667. The van der Waals surface area contributed by atoms with Gasteiger partial charge in [0.15, 0.2) is 0 Å². The minimum atomic E-state index is -0.290. The van der Waals surface area contributed by atoms with Gasteiger partial charge in [-0.05, 0) is 13.8 Å². The molecule has 0 aromatic heterocycles. The largest absolute Gasteiger partial charge is 0.336 e. The monoisotopic (exact) mass is 159 g/mol. The zero-order valence-electron chi connectivity index (χ0n) is 6.76. The number of nitrogens with zero attached hydrogens (tertiary/aromatic N) is 1. The Bertz CT molecular complexity index is 134. The standard InChI is InChI=1S/C6H13N3O2/c1-3-9(4-2)6(11)8-7-5-10/h5H,3-4H2,1-2H3,(H,7,10)(H,8,11). The van der Waals surface area contributed by atoms with Gasteiger partial charge in [0.2, 0.25) is 6.41 Å². The van der Waals surface area contributed by atoms with Crippen molar-refractivity contribution in [1.29, 1.82) is 0 Å². The SMILES string of the molecule is CCN(CC)C(=O)NNC=O. The average molecular weight is 159 g/mol. The summed E-state index contributed by atoms with van der Waals surface area (Å²) in [5, 5.41) is 0. The maximum absolute atomic E-state index is 11.0. The Kier molecular flexibility index (Phi) is 4.89. The molecule has 0 saturated heterocycles. The summed E-state index contributed by atoms with van der Waals surface area (Å²) < 4.78 is 0. The van der Waals surface area contributed by atoms with E-state index in [0.717, 1.165) is 0 Å². The van der Waals surface area contributed by atoms with E-state index in [2.05, 4.69) is 10.9 Å². The van der Waals surface area contributed by atoms with E-state index in [-0.39, 0.29) is 6.03 Å². The summed E-state index contributed by atoms with van der Waals surface area (Å²) in [5.74, 6) is 0. The number of amides is 3. The van der Waals surface area contributed by atoms with E-state index < -0.39 is 0 Å². The Morgan fingerprint density at radius 2 is 2.00 bits per heavy atom. The first-order valence-corrected chi connectivity index (χ1v) is 3.50. The molecule has 64 valence electrons. The fourth-order valence-corrected chi connectivity index (χ4v) is 0.681. The summed E-state index contributed by atoms with van der Waals surface area (Å²) in [6.45, 7) is 4.99. The highest BCUT2D eigenvalue weighted by Gasteiger charge is 2.06. The number of urea groups is 1. The van der Waals surface area contributed by atoms with Crippen molar-refractivity contribution in [1.82, 2.24) is 15.8 Å². The highest BCUT2D eigenvalue weighted by Crippen LogP contribution is 1.85. The van der Waals surface area contributed by atoms with Crippen molar-refractivity contribution in [2.24, 2.45) is 0 Å². The van der Waals surface area contributed by atoms with Crippen LogP contribution in [0.25, 0.3) is 0 Å². The molecule has 0 aliphatic rings. The van der Waals surface area contributed by atoms with E-state index >= 15 is 0 Å². The summed E-state index contributed by atoms with van der Waals surface area (Å²) in [4.78, 5) is 22.3. The molecule has 3 amide bonds. The molecule has 11 heavy (non-hydrogen) atoms. The Hall–Kier alpha value is -1.26. The first kappa shape index (κ1) is 9.74. The van der Waals surface area contributed by atoms with Gasteiger partial charge in [0.25, 0.3) is 0 Å². The predicted octanol–water partition coefficient (Wildman–Crippen LogP) is -0.301. The van der Waals surface area contributed by atoms with E-state index in [1.54, 1.807) is 4.90 Å². The van der Waals surface area contributed by atoms with Crippen molar-refractivity contribution in [3.63, 3.8) is 0 Å². The Labute approximate surface area is 65.7 Å². The van der Waals surface area contributed by atoms with Gasteiger partial charge in [0.05, 0.1) is 0 Å². The first-order chi connectivity index (χ1) is 5.26. The van der Waals surface area contributed by atoms with Crippen LogP contribution in [-0.2, 0) is 4.79 Å². The Balaban J connectivity index is 3.69. The number of hydrazine groups is 1. The topological polar surface area (TPSA) is 61.4 Å². The Morgan fingerprint density at radius 1 is 1.45 bits per heavy atom. The molecule has 0 spiro atoms. The molecule has 0 aromatic rings. The summed E-state index contributed by atoms with van der Waals surface area (Å²) in [7, 11) is 0. The van der Waals surface area contributed by atoms with Gasteiger partial charge in [-0.2, -0.15) is 0 Å². The zero-order valence-corrected chi connectivity index (χ0v) is 6.76. The van der Waals surface area contributed by atoms with Crippen molar-refractivity contribution in [3.05, 3.63) is 0 Å². The minimum Gasteiger partial charge on any atom is -0.324 e. The van der Waals surface area contributed by atoms with Crippen LogP contribution in [0.4, 0.5) is 4.79 Å². The van der Waals surface area contributed by atoms with Crippen LogP contribution >= 0.6 is 0 Å². The molecule has 5 nitrogen and oxygen atoms in total. The third kappa shape index (κ3) is 3.44. The lowest BCUT2D eigenvalue weighted by molar-refractivity contribution is -0.110. The number of hydrogen-bond acceptors (Lipinski definition) is 2. The van der Waals surface area contributed by atoms with Crippen molar-refractivity contribution < 1.29 is 9.59 Å². The van der Waals surface area contributed by atoms with Crippen LogP contribution in [0.3, 0.4) is 0 Å². The molecule has 0 unspecified atom stereocenters. The maximum atomic E-state index is 11.0. The lowest BCUT2D eigenvalue weighted by Gasteiger charge is -2.18. The number of carbonyl (C=O) groups excluding carboxylic acids is 2.